The molecule has 0 aliphatic heterocycles. The van der Waals surface area contributed by atoms with Crippen LogP contribution in [0.5, 0.6) is 0 Å². The molecule has 0 saturated carbocycles. The standard InChI is InChI=1S/C12H25N3O2/c1-6-8(4)9(5)14-12(16)10(7(2)3)11(13)15-17/h7-10,17H,6H2,1-5H3,(H2,13,15)(H,14,16). The second-order valence-electron chi connectivity index (χ2n) is 4.93. The monoisotopic (exact) mass is 243 g/mol. The lowest BCUT2D eigenvalue weighted by Gasteiger charge is -2.24. The first-order valence-electron chi connectivity index (χ1n) is 6.12. The second-order valence-corrected chi connectivity index (χ2v) is 4.93. The van der Waals surface area contributed by atoms with Gasteiger partial charge in [-0.3, -0.25) is 4.79 Å². The van der Waals surface area contributed by atoms with Gasteiger partial charge in [0, 0.05) is 6.04 Å². The molecule has 0 saturated heterocycles. The van der Waals surface area contributed by atoms with Gasteiger partial charge in [-0.25, -0.2) is 0 Å². The normalized spacial score (nSPS) is 17.6. The zero-order valence-corrected chi connectivity index (χ0v) is 11.4. The molecule has 0 aliphatic carbocycles. The third kappa shape index (κ3) is 4.63. The number of carbonyl (C=O) groups is 1. The number of carbonyl (C=O) groups excluding carboxylic acids is 1. The van der Waals surface area contributed by atoms with E-state index >= 15 is 0 Å². The molecular weight excluding hydrogens is 218 g/mol. The van der Waals surface area contributed by atoms with Crippen LogP contribution in [0.3, 0.4) is 0 Å². The van der Waals surface area contributed by atoms with E-state index in [4.69, 9.17) is 10.9 Å². The van der Waals surface area contributed by atoms with E-state index in [0.29, 0.717) is 5.92 Å². The van der Waals surface area contributed by atoms with E-state index in [2.05, 4.69) is 24.3 Å². The van der Waals surface area contributed by atoms with Crippen LogP contribution in [0.25, 0.3) is 0 Å². The smallest absolute Gasteiger partial charge is 0.231 e. The number of rotatable bonds is 6. The van der Waals surface area contributed by atoms with Crippen LogP contribution in [0.2, 0.25) is 0 Å². The number of nitrogens with zero attached hydrogens (tertiary/aromatic N) is 1. The minimum absolute atomic E-state index is 0.00460. The van der Waals surface area contributed by atoms with E-state index < -0.39 is 5.92 Å². The van der Waals surface area contributed by atoms with Gasteiger partial charge in [0.05, 0.1) is 0 Å². The van der Waals surface area contributed by atoms with Gasteiger partial charge in [0.25, 0.3) is 0 Å². The minimum atomic E-state index is -0.577. The Bertz CT molecular complexity index is 277. The van der Waals surface area contributed by atoms with Crippen molar-refractivity contribution in [1.82, 2.24) is 5.32 Å². The predicted molar refractivity (Wildman–Crippen MR) is 68.8 cm³/mol. The molecule has 1 amide bonds. The van der Waals surface area contributed by atoms with Gasteiger partial charge in [-0.1, -0.05) is 39.3 Å². The van der Waals surface area contributed by atoms with Gasteiger partial charge in [0.1, 0.15) is 5.92 Å². The third-order valence-corrected chi connectivity index (χ3v) is 3.25. The molecule has 17 heavy (non-hydrogen) atoms. The summed E-state index contributed by atoms with van der Waals surface area (Å²) in [7, 11) is 0. The van der Waals surface area contributed by atoms with E-state index in [1.807, 2.05) is 20.8 Å². The van der Waals surface area contributed by atoms with Crippen LogP contribution in [0.1, 0.15) is 41.0 Å². The van der Waals surface area contributed by atoms with Crippen molar-refractivity contribution >= 4 is 11.7 Å². The molecule has 0 aromatic heterocycles. The maximum absolute atomic E-state index is 12.0. The molecule has 5 heteroatoms. The Morgan fingerprint density at radius 2 is 1.88 bits per heavy atom. The van der Waals surface area contributed by atoms with Gasteiger partial charge < -0.3 is 16.3 Å². The summed E-state index contributed by atoms with van der Waals surface area (Å²) in [6.07, 6.45) is 0.997. The minimum Gasteiger partial charge on any atom is -0.409 e. The molecule has 5 nitrogen and oxygen atoms in total. The van der Waals surface area contributed by atoms with Crippen LogP contribution >= 0.6 is 0 Å². The first kappa shape index (κ1) is 15.7. The molecule has 0 radical (unpaired) electrons. The van der Waals surface area contributed by atoms with E-state index in [0.717, 1.165) is 6.42 Å². The van der Waals surface area contributed by atoms with Gasteiger partial charge in [0.15, 0.2) is 5.84 Å². The largest absolute Gasteiger partial charge is 0.409 e. The Hall–Kier alpha value is -1.26. The van der Waals surface area contributed by atoms with Crippen molar-refractivity contribution < 1.29 is 10.0 Å². The Kier molecular flexibility index (Phi) is 6.61. The summed E-state index contributed by atoms with van der Waals surface area (Å²) in [5.41, 5.74) is 5.54. The zero-order valence-electron chi connectivity index (χ0n) is 11.4. The van der Waals surface area contributed by atoms with E-state index in [9.17, 15) is 4.79 Å². The van der Waals surface area contributed by atoms with Crippen molar-refractivity contribution in [2.75, 3.05) is 0 Å². The number of hydrogen-bond donors (Lipinski definition) is 3. The van der Waals surface area contributed by atoms with Crippen molar-refractivity contribution in [1.29, 1.82) is 0 Å². The molecule has 0 aromatic carbocycles. The van der Waals surface area contributed by atoms with E-state index in [1.54, 1.807) is 0 Å². The maximum atomic E-state index is 12.0. The highest BCUT2D eigenvalue weighted by molar-refractivity contribution is 6.02. The molecule has 3 unspecified atom stereocenters. The lowest BCUT2D eigenvalue weighted by atomic mass is 9.92. The van der Waals surface area contributed by atoms with Gasteiger partial charge in [-0.2, -0.15) is 0 Å². The van der Waals surface area contributed by atoms with Crippen molar-refractivity contribution in [2.24, 2.45) is 28.6 Å². The van der Waals surface area contributed by atoms with Crippen molar-refractivity contribution in [3.63, 3.8) is 0 Å². The molecule has 100 valence electrons. The van der Waals surface area contributed by atoms with E-state index in [-0.39, 0.29) is 23.7 Å². The molecular formula is C12H25N3O2. The summed E-state index contributed by atoms with van der Waals surface area (Å²) >= 11 is 0. The third-order valence-electron chi connectivity index (χ3n) is 3.25. The fourth-order valence-corrected chi connectivity index (χ4v) is 1.65. The number of nitrogens with two attached hydrogens (primary N) is 1. The lowest BCUT2D eigenvalue weighted by Crippen LogP contribution is -2.46. The molecule has 0 bridgehead atoms. The van der Waals surface area contributed by atoms with Crippen molar-refractivity contribution in [3.05, 3.63) is 0 Å². The molecule has 0 aromatic rings. The Labute approximate surface area is 103 Å². The van der Waals surface area contributed by atoms with Gasteiger partial charge in [0.2, 0.25) is 5.91 Å². The molecule has 0 heterocycles. The highest BCUT2D eigenvalue weighted by atomic mass is 16.4. The summed E-state index contributed by atoms with van der Waals surface area (Å²) in [4.78, 5) is 12.0. The summed E-state index contributed by atoms with van der Waals surface area (Å²) in [5.74, 6) is -0.391. The van der Waals surface area contributed by atoms with Crippen LogP contribution < -0.4 is 11.1 Å². The first-order valence-corrected chi connectivity index (χ1v) is 6.12. The van der Waals surface area contributed by atoms with Gasteiger partial charge in [-0.15, -0.1) is 0 Å². The maximum Gasteiger partial charge on any atom is 0.231 e. The van der Waals surface area contributed by atoms with Crippen molar-refractivity contribution in [2.45, 2.75) is 47.1 Å². The summed E-state index contributed by atoms with van der Waals surface area (Å²) in [6, 6.07) is 0.0836. The molecule has 0 rings (SSSR count). The summed E-state index contributed by atoms with van der Waals surface area (Å²) in [6.45, 7) is 9.87. The number of oxime groups is 1. The molecule has 0 fully saturated rings. The molecule has 4 N–H and O–H groups in total. The fraction of sp³-hybridized carbons (Fsp3) is 0.833. The fourth-order valence-electron chi connectivity index (χ4n) is 1.65. The average Bonchev–Trinajstić information content (AvgIpc) is 2.26. The van der Waals surface area contributed by atoms with Gasteiger partial charge >= 0.3 is 0 Å². The Balaban J connectivity index is 4.65. The van der Waals surface area contributed by atoms with E-state index in [1.165, 1.54) is 0 Å². The number of nitrogens with one attached hydrogen (secondary N) is 1. The number of hydrogen-bond acceptors (Lipinski definition) is 3. The average molecular weight is 243 g/mol. The summed E-state index contributed by atoms with van der Waals surface area (Å²) in [5, 5.41) is 14.5. The molecule has 3 atom stereocenters. The highest BCUT2D eigenvalue weighted by Gasteiger charge is 2.28. The topological polar surface area (TPSA) is 87.7 Å². The SMILES string of the molecule is CCC(C)C(C)NC(=O)C(C(N)=NO)C(C)C. The summed E-state index contributed by atoms with van der Waals surface area (Å²) < 4.78 is 0. The lowest BCUT2D eigenvalue weighted by molar-refractivity contribution is -0.125. The van der Waals surface area contributed by atoms with Crippen LogP contribution in [-0.4, -0.2) is 23.0 Å². The second kappa shape index (κ2) is 7.14. The van der Waals surface area contributed by atoms with Crippen LogP contribution in [0, 0.1) is 17.8 Å². The van der Waals surface area contributed by atoms with Gasteiger partial charge in [-0.05, 0) is 18.8 Å². The first-order chi connectivity index (χ1) is 7.84. The highest BCUT2D eigenvalue weighted by Crippen LogP contribution is 2.13. The van der Waals surface area contributed by atoms with Crippen LogP contribution in [0.15, 0.2) is 5.16 Å². The number of amides is 1. The predicted octanol–water partition coefficient (Wildman–Crippen LogP) is 1.56. The van der Waals surface area contributed by atoms with Crippen LogP contribution in [-0.2, 0) is 4.79 Å². The zero-order chi connectivity index (χ0) is 13.6. The Morgan fingerprint density at radius 1 is 1.35 bits per heavy atom. The molecule has 0 aliphatic rings. The number of amidine groups is 1. The van der Waals surface area contributed by atoms with Crippen molar-refractivity contribution in [3.8, 4) is 0 Å². The van der Waals surface area contributed by atoms with Crippen LogP contribution in [0.4, 0.5) is 0 Å². The molecule has 0 spiro atoms. The Morgan fingerprint density at radius 3 is 2.24 bits per heavy atom. The quantitative estimate of drug-likeness (QED) is 0.286.